The molecule has 6 heteroatoms. The minimum Gasteiger partial charge on any atom is -0.378 e. The summed E-state index contributed by atoms with van der Waals surface area (Å²) in [6.07, 6.45) is 1.51. The highest BCUT2D eigenvalue weighted by molar-refractivity contribution is 5.93. The van der Waals surface area contributed by atoms with Gasteiger partial charge in [0.2, 0.25) is 0 Å². The predicted octanol–water partition coefficient (Wildman–Crippen LogP) is 1.12. The minimum absolute atomic E-state index is 0.451. The van der Waals surface area contributed by atoms with Gasteiger partial charge < -0.3 is 15.4 Å². The zero-order chi connectivity index (χ0) is 14.8. The maximum Gasteiger partial charge on any atom is 0.252 e. The van der Waals surface area contributed by atoms with E-state index in [1.165, 1.54) is 11.9 Å². The molecule has 1 aromatic carbocycles. The molecule has 0 bridgehead atoms. The summed E-state index contributed by atoms with van der Waals surface area (Å²) in [7, 11) is 0. The van der Waals surface area contributed by atoms with Crippen molar-refractivity contribution in [2.24, 2.45) is 5.73 Å². The normalized spacial score (nSPS) is 15.2. The number of nitrogens with zero attached hydrogens (tertiary/aromatic N) is 3. The Bertz CT molecular complexity index is 642. The topological polar surface area (TPSA) is 73.4 Å². The van der Waals surface area contributed by atoms with Crippen molar-refractivity contribution in [1.82, 2.24) is 9.78 Å². The molecule has 2 N–H and O–H groups in total. The summed E-state index contributed by atoms with van der Waals surface area (Å²) >= 11 is 0. The number of hydrogen-bond acceptors (Lipinski definition) is 4. The van der Waals surface area contributed by atoms with Crippen LogP contribution in [-0.2, 0) is 4.74 Å². The number of primary amides is 1. The largest absolute Gasteiger partial charge is 0.378 e. The lowest BCUT2D eigenvalue weighted by Gasteiger charge is -2.28. The van der Waals surface area contributed by atoms with Crippen molar-refractivity contribution < 1.29 is 9.53 Å². The number of hydrogen-bond donors (Lipinski definition) is 1. The third-order valence-electron chi connectivity index (χ3n) is 3.75. The van der Waals surface area contributed by atoms with Crippen LogP contribution in [0.4, 0.5) is 5.69 Å². The Morgan fingerprint density at radius 3 is 2.38 bits per heavy atom. The molecule has 2 heterocycles. The van der Waals surface area contributed by atoms with Gasteiger partial charge in [0.05, 0.1) is 36.4 Å². The van der Waals surface area contributed by atoms with Gasteiger partial charge in [-0.05, 0) is 31.2 Å². The van der Waals surface area contributed by atoms with Crippen LogP contribution in [0.1, 0.15) is 16.1 Å². The number of morpholine rings is 1. The zero-order valence-electron chi connectivity index (χ0n) is 12.0. The SMILES string of the molecule is Cc1c(C(N)=O)cnn1-c1ccc(N2CCOCC2)cc1. The molecule has 2 aromatic rings. The van der Waals surface area contributed by atoms with Gasteiger partial charge in [-0.3, -0.25) is 4.79 Å². The molecule has 0 unspecified atom stereocenters. The lowest BCUT2D eigenvalue weighted by atomic mass is 10.2. The summed E-state index contributed by atoms with van der Waals surface area (Å²) in [5.41, 5.74) is 8.60. The monoisotopic (exact) mass is 286 g/mol. The molecule has 1 amide bonds. The number of rotatable bonds is 3. The number of benzene rings is 1. The Morgan fingerprint density at radius 1 is 1.19 bits per heavy atom. The van der Waals surface area contributed by atoms with Gasteiger partial charge in [-0.2, -0.15) is 5.10 Å². The second kappa shape index (κ2) is 5.57. The van der Waals surface area contributed by atoms with Gasteiger partial charge in [0, 0.05) is 18.8 Å². The number of aromatic nitrogens is 2. The lowest BCUT2D eigenvalue weighted by Crippen LogP contribution is -2.36. The average molecular weight is 286 g/mol. The Balaban J connectivity index is 1.85. The summed E-state index contributed by atoms with van der Waals surface area (Å²) in [5.74, 6) is -0.455. The average Bonchev–Trinajstić information content (AvgIpc) is 2.90. The molecular formula is C15H18N4O2. The van der Waals surface area contributed by atoms with E-state index in [0.717, 1.165) is 37.7 Å². The van der Waals surface area contributed by atoms with Gasteiger partial charge in [0.1, 0.15) is 0 Å². The second-order valence-electron chi connectivity index (χ2n) is 5.04. The number of ether oxygens (including phenoxy) is 1. The van der Waals surface area contributed by atoms with Gasteiger partial charge in [-0.15, -0.1) is 0 Å². The summed E-state index contributed by atoms with van der Waals surface area (Å²) in [6, 6.07) is 8.11. The standard InChI is InChI=1S/C15H18N4O2/c1-11-14(15(16)20)10-17-19(11)13-4-2-12(3-5-13)18-6-8-21-9-7-18/h2-5,10H,6-9H2,1H3,(H2,16,20). The highest BCUT2D eigenvalue weighted by Crippen LogP contribution is 2.20. The van der Waals surface area contributed by atoms with E-state index < -0.39 is 5.91 Å². The smallest absolute Gasteiger partial charge is 0.252 e. The second-order valence-corrected chi connectivity index (χ2v) is 5.04. The van der Waals surface area contributed by atoms with Crippen molar-refractivity contribution in [3.05, 3.63) is 41.7 Å². The third-order valence-corrected chi connectivity index (χ3v) is 3.75. The van der Waals surface area contributed by atoms with Crippen LogP contribution in [0.3, 0.4) is 0 Å². The van der Waals surface area contributed by atoms with E-state index >= 15 is 0 Å². The number of nitrogens with two attached hydrogens (primary N) is 1. The van der Waals surface area contributed by atoms with Gasteiger partial charge in [-0.25, -0.2) is 4.68 Å². The maximum absolute atomic E-state index is 11.3. The van der Waals surface area contributed by atoms with Gasteiger partial charge in [-0.1, -0.05) is 0 Å². The van der Waals surface area contributed by atoms with Crippen molar-refractivity contribution in [1.29, 1.82) is 0 Å². The summed E-state index contributed by atoms with van der Waals surface area (Å²) < 4.78 is 7.08. The van der Waals surface area contributed by atoms with Crippen LogP contribution in [0.15, 0.2) is 30.5 Å². The van der Waals surface area contributed by atoms with Crippen molar-refractivity contribution in [2.75, 3.05) is 31.2 Å². The van der Waals surface area contributed by atoms with E-state index in [-0.39, 0.29) is 0 Å². The Morgan fingerprint density at radius 2 is 1.81 bits per heavy atom. The first-order valence-electron chi connectivity index (χ1n) is 6.94. The van der Waals surface area contributed by atoms with E-state index in [1.807, 2.05) is 19.1 Å². The molecule has 21 heavy (non-hydrogen) atoms. The number of anilines is 1. The molecule has 1 aliphatic heterocycles. The van der Waals surface area contributed by atoms with Crippen LogP contribution in [0, 0.1) is 6.92 Å². The quantitative estimate of drug-likeness (QED) is 0.917. The molecule has 0 radical (unpaired) electrons. The van der Waals surface area contributed by atoms with Crippen LogP contribution in [-0.4, -0.2) is 42.0 Å². The molecule has 6 nitrogen and oxygen atoms in total. The molecule has 3 rings (SSSR count). The molecule has 0 atom stereocenters. The van der Waals surface area contributed by atoms with Crippen molar-refractivity contribution in [2.45, 2.75) is 6.92 Å². The van der Waals surface area contributed by atoms with Crippen molar-refractivity contribution in [3.63, 3.8) is 0 Å². The maximum atomic E-state index is 11.3. The molecule has 1 fully saturated rings. The first kappa shape index (κ1) is 13.6. The molecule has 1 aliphatic rings. The van der Waals surface area contributed by atoms with Crippen LogP contribution < -0.4 is 10.6 Å². The summed E-state index contributed by atoms with van der Waals surface area (Å²) in [4.78, 5) is 13.6. The van der Waals surface area contributed by atoms with Crippen molar-refractivity contribution >= 4 is 11.6 Å². The summed E-state index contributed by atoms with van der Waals surface area (Å²) in [5, 5.41) is 4.23. The Hall–Kier alpha value is -2.34. The Kier molecular flexibility index (Phi) is 3.62. The lowest BCUT2D eigenvalue weighted by molar-refractivity contribution is 0.0999. The fraction of sp³-hybridized carbons (Fsp3) is 0.333. The zero-order valence-corrected chi connectivity index (χ0v) is 12.0. The third kappa shape index (κ3) is 2.62. The van der Waals surface area contributed by atoms with E-state index in [1.54, 1.807) is 4.68 Å². The predicted molar refractivity (Wildman–Crippen MR) is 79.9 cm³/mol. The van der Waals surface area contributed by atoms with Crippen LogP contribution >= 0.6 is 0 Å². The fourth-order valence-corrected chi connectivity index (χ4v) is 2.54. The molecular weight excluding hydrogens is 268 g/mol. The fourth-order valence-electron chi connectivity index (χ4n) is 2.54. The highest BCUT2D eigenvalue weighted by atomic mass is 16.5. The molecule has 1 aromatic heterocycles. The highest BCUT2D eigenvalue weighted by Gasteiger charge is 2.14. The molecule has 0 spiro atoms. The molecule has 110 valence electrons. The van der Waals surface area contributed by atoms with Crippen LogP contribution in [0.5, 0.6) is 0 Å². The molecule has 0 aliphatic carbocycles. The van der Waals surface area contributed by atoms with Crippen LogP contribution in [0.25, 0.3) is 5.69 Å². The minimum atomic E-state index is -0.455. The number of carbonyl (C=O) groups is 1. The van der Waals surface area contributed by atoms with Gasteiger partial charge in [0.25, 0.3) is 5.91 Å². The first-order valence-corrected chi connectivity index (χ1v) is 6.94. The molecule has 1 saturated heterocycles. The first-order chi connectivity index (χ1) is 10.2. The van der Waals surface area contributed by atoms with E-state index in [0.29, 0.717) is 5.56 Å². The summed E-state index contributed by atoms with van der Waals surface area (Å²) in [6.45, 7) is 5.19. The van der Waals surface area contributed by atoms with Crippen LogP contribution in [0.2, 0.25) is 0 Å². The number of amides is 1. The number of carbonyl (C=O) groups excluding carboxylic acids is 1. The van der Waals surface area contributed by atoms with Crippen molar-refractivity contribution in [3.8, 4) is 5.69 Å². The Labute approximate surface area is 123 Å². The van der Waals surface area contributed by atoms with Gasteiger partial charge >= 0.3 is 0 Å². The van der Waals surface area contributed by atoms with E-state index in [9.17, 15) is 4.79 Å². The van der Waals surface area contributed by atoms with E-state index in [2.05, 4.69) is 22.1 Å². The van der Waals surface area contributed by atoms with Gasteiger partial charge in [0.15, 0.2) is 0 Å². The van der Waals surface area contributed by atoms with E-state index in [4.69, 9.17) is 10.5 Å². The molecule has 0 saturated carbocycles.